The van der Waals surface area contributed by atoms with Crippen molar-refractivity contribution >= 4 is 6.09 Å². The maximum Gasteiger partial charge on any atom is 0.435 e. The predicted molar refractivity (Wildman–Crippen MR) is 60.0 cm³/mol. The average molecular weight is 245 g/mol. The lowest BCUT2D eigenvalue weighted by Crippen LogP contribution is -2.48. The molecule has 17 heavy (non-hydrogen) atoms. The van der Waals surface area contributed by atoms with Gasteiger partial charge < -0.3 is 14.9 Å². The first kappa shape index (κ1) is 14.0. The lowest BCUT2D eigenvalue weighted by atomic mass is 10.2. The van der Waals surface area contributed by atoms with Gasteiger partial charge in [-0.15, -0.1) is 0 Å². The molecule has 0 saturated carbocycles. The fourth-order valence-corrected chi connectivity index (χ4v) is 1.30. The first-order chi connectivity index (χ1) is 7.87. The molecule has 6 heteroatoms. The lowest BCUT2D eigenvalue weighted by molar-refractivity contribution is -0.202. The number of aliphatic hydroxyl groups excluding tert-OH is 2. The molecule has 0 aromatic carbocycles. The van der Waals surface area contributed by atoms with Gasteiger partial charge in [0.15, 0.2) is 0 Å². The summed E-state index contributed by atoms with van der Waals surface area (Å²) >= 11 is 0. The third kappa shape index (κ3) is 3.99. The lowest BCUT2D eigenvalue weighted by Gasteiger charge is -2.34. The summed E-state index contributed by atoms with van der Waals surface area (Å²) in [6.07, 6.45) is 1.93. The van der Waals surface area contributed by atoms with Crippen molar-refractivity contribution in [1.82, 2.24) is 5.06 Å². The van der Waals surface area contributed by atoms with E-state index in [2.05, 4.69) is 0 Å². The molecule has 0 spiro atoms. The smallest absolute Gasteiger partial charge is 0.435 e. The molecule has 1 heterocycles. The second kappa shape index (κ2) is 5.48. The van der Waals surface area contributed by atoms with Gasteiger partial charge in [-0.25, -0.2) is 4.79 Å². The maximum atomic E-state index is 11.8. The van der Waals surface area contributed by atoms with Crippen LogP contribution in [0.15, 0.2) is 12.2 Å². The van der Waals surface area contributed by atoms with Crippen molar-refractivity contribution in [2.45, 2.75) is 38.5 Å². The van der Waals surface area contributed by atoms with Crippen molar-refractivity contribution in [1.29, 1.82) is 0 Å². The fraction of sp³-hybridized carbons (Fsp3) is 0.727. The molecule has 0 radical (unpaired) electrons. The summed E-state index contributed by atoms with van der Waals surface area (Å²) in [5, 5.41) is 19.0. The van der Waals surface area contributed by atoms with Gasteiger partial charge >= 0.3 is 6.09 Å². The normalized spacial score (nSPS) is 24.9. The van der Waals surface area contributed by atoms with E-state index in [1.54, 1.807) is 32.9 Å². The highest BCUT2D eigenvalue weighted by Gasteiger charge is 2.32. The van der Waals surface area contributed by atoms with Gasteiger partial charge in [0, 0.05) is 0 Å². The molecule has 2 N–H and O–H groups in total. The Hall–Kier alpha value is -1.11. The van der Waals surface area contributed by atoms with E-state index >= 15 is 0 Å². The number of aliphatic hydroxyl groups is 2. The van der Waals surface area contributed by atoms with Crippen LogP contribution in [0.1, 0.15) is 20.8 Å². The van der Waals surface area contributed by atoms with E-state index in [4.69, 9.17) is 19.8 Å². The second-order valence-electron chi connectivity index (χ2n) is 4.77. The molecule has 1 amide bonds. The molecule has 0 aromatic heterocycles. The van der Waals surface area contributed by atoms with Gasteiger partial charge in [0.2, 0.25) is 0 Å². The zero-order valence-electron chi connectivity index (χ0n) is 10.3. The first-order valence-corrected chi connectivity index (χ1v) is 5.46. The van der Waals surface area contributed by atoms with Crippen molar-refractivity contribution in [3.8, 4) is 0 Å². The molecule has 1 aliphatic heterocycles. The molecule has 0 aromatic rings. The van der Waals surface area contributed by atoms with Crippen LogP contribution < -0.4 is 0 Å². The van der Waals surface area contributed by atoms with Gasteiger partial charge in [-0.1, -0.05) is 12.2 Å². The summed E-state index contributed by atoms with van der Waals surface area (Å²) in [4.78, 5) is 17.0. The maximum absolute atomic E-state index is 11.8. The minimum atomic E-state index is -0.681. The van der Waals surface area contributed by atoms with E-state index in [1.807, 2.05) is 0 Å². The number of rotatable bonds is 2. The van der Waals surface area contributed by atoms with Crippen LogP contribution in [0.2, 0.25) is 0 Å². The second-order valence-corrected chi connectivity index (χ2v) is 4.77. The van der Waals surface area contributed by atoms with Crippen molar-refractivity contribution in [2.75, 3.05) is 13.2 Å². The monoisotopic (exact) mass is 245 g/mol. The van der Waals surface area contributed by atoms with Gasteiger partial charge in [0.25, 0.3) is 0 Å². The molecular formula is C11H19NO5. The van der Waals surface area contributed by atoms with Crippen LogP contribution in [0.25, 0.3) is 0 Å². The van der Waals surface area contributed by atoms with Gasteiger partial charge in [0.05, 0.1) is 13.2 Å². The van der Waals surface area contributed by atoms with Gasteiger partial charge in [-0.2, -0.15) is 5.06 Å². The van der Waals surface area contributed by atoms with Crippen LogP contribution in [-0.2, 0) is 9.57 Å². The molecule has 0 aliphatic carbocycles. The Morgan fingerprint density at radius 1 is 1.35 bits per heavy atom. The quantitative estimate of drug-likeness (QED) is 0.690. The Kier molecular flexibility index (Phi) is 4.50. The average Bonchev–Trinajstić information content (AvgIpc) is 2.25. The van der Waals surface area contributed by atoms with E-state index in [-0.39, 0.29) is 13.2 Å². The molecule has 0 unspecified atom stereocenters. The Labute approximate surface area is 100 Å². The highest BCUT2D eigenvalue weighted by molar-refractivity contribution is 5.67. The van der Waals surface area contributed by atoms with E-state index in [1.165, 1.54) is 0 Å². The minimum Gasteiger partial charge on any atom is -0.442 e. The van der Waals surface area contributed by atoms with Crippen LogP contribution in [-0.4, -0.2) is 52.3 Å². The molecule has 6 nitrogen and oxygen atoms in total. The number of hydroxylamine groups is 2. The molecule has 98 valence electrons. The van der Waals surface area contributed by atoms with E-state index < -0.39 is 23.8 Å². The Balaban J connectivity index is 2.73. The van der Waals surface area contributed by atoms with Crippen LogP contribution in [0, 0.1) is 0 Å². The summed E-state index contributed by atoms with van der Waals surface area (Å²) in [5.41, 5.74) is -0.643. The minimum absolute atomic E-state index is 0.242. The Bertz CT molecular complexity index is 297. The number of nitrogens with zero attached hydrogens (tertiary/aromatic N) is 1. The van der Waals surface area contributed by atoms with Crippen molar-refractivity contribution in [2.24, 2.45) is 0 Å². The molecule has 0 bridgehead atoms. The molecule has 2 atom stereocenters. The van der Waals surface area contributed by atoms with Crippen LogP contribution in [0.4, 0.5) is 4.79 Å². The van der Waals surface area contributed by atoms with Crippen LogP contribution in [0.5, 0.6) is 0 Å². The topological polar surface area (TPSA) is 79.2 Å². The summed E-state index contributed by atoms with van der Waals surface area (Å²) in [7, 11) is 0. The fourth-order valence-electron chi connectivity index (χ4n) is 1.30. The molecule has 1 aliphatic rings. The zero-order chi connectivity index (χ0) is 13.1. The van der Waals surface area contributed by atoms with E-state index in [9.17, 15) is 4.79 Å². The Morgan fingerprint density at radius 3 is 2.47 bits per heavy atom. The SMILES string of the molecule is CC(C)(C)OC(=O)N1O[C@@H](CO)C=C[C@@H]1CO. The summed E-state index contributed by atoms with van der Waals surface area (Å²) in [6, 6.07) is -0.590. The molecule has 1 rings (SSSR count). The highest BCUT2D eigenvalue weighted by Crippen LogP contribution is 2.17. The van der Waals surface area contributed by atoms with Crippen LogP contribution >= 0.6 is 0 Å². The third-order valence-corrected chi connectivity index (χ3v) is 2.04. The van der Waals surface area contributed by atoms with Crippen molar-refractivity contribution in [3.05, 3.63) is 12.2 Å². The van der Waals surface area contributed by atoms with Gasteiger partial charge in [-0.05, 0) is 20.8 Å². The first-order valence-electron chi connectivity index (χ1n) is 5.46. The number of carbonyl (C=O) groups excluding carboxylic acids is 1. The molecular weight excluding hydrogens is 226 g/mol. The summed E-state index contributed by atoms with van der Waals surface area (Å²) in [5.74, 6) is 0. The number of amides is 1. The largest absolute Gasteiger partial charge is 0.442 e. The number of ether oxygens (including phenoxy) is 1. The third-order valence-electron chi connectivity index (χ3n) is 2.04. The number of hydrogen-bond acceptors (Lipinski definition) is 5. The summed E-state index contributed by atoms with van der Waals surface area (Å²) in [6.45, 7) is 4.70. The molecule has 0 fully saturated rings. The zero-order valence-corrected chi connectivity index (χ0v) is 10.3. The van der Waals surface area contributed by atoms with E-state index in [0.717, 1.165) is 5.06 Å². The summed E-state index contributed by atoms with van der Waals surface area (Å²) < 4.78 is 5.14. The van der Waals surface area contributed by atoms with Crippen molar-refractivity contribution in [3.63, 3.8) is 0 Å². The van der Waals surface area contributed by atoms with E-state index in [0.29, 0.717) is 0 Å². The highest BCUT2D eigenvalue weighted by atomic mass is 16.7. The van der Waals surface area contributed by atoms with Crippen LogP contribution in [0.3, 0.4) is 0 Å². The standard InChI is InChI=1S/C11H19NO5/c1-11(2,3)16-10(15)12-8(6-13)4-5-9(7-14)17-12/h4-5,8-9,13-14H,6-7H2,1-3H3/t8-,9-/m1/s1. The Morgan fingerprint density at radius 2 is 2.00 bits per heavy atom. The molecule has 0 saturated heterocycles. The predicted octanol–water partition coefficient (Wildman–Crippen LogP) is 0.447. The van der Waals surface area contributed by atoms with Gasteiger partial charge in [-0.3, -0.25) is 4.84 Å². The number of hydrogen-bond donors (Lipinski definition) is 2. The van der Waals surface area contributed by atoms with Gasteiger partial charge in [0.1, 0.15) is 17.7 Å². The van der Waals surface area contributed by atoms with Crippen molar-refractivity contribution < 1.29 is 24.6 Å². The number of carbonyl (C=O) groups is 1.